The molecule has 1 rings (SSSR count). The molecule has 4 heteroatoms. The molecule has 0 heterocycles. The lowest BCUT2D eigenvalue weighted by Crippen LogP contribution is -2.19. The van der Waals surface area contributed by atoms with E-state index in [0.717, 1.165) is 15.8 Å². The van der Waals surface area contributed by atoms with Crippen LogP contribution in [-0.2, 0) is 4.79 Å². The number of carbonyl (C=O) groups is 1. The van der Waals surface area contributed by atoms with Crippen molar-refractivity contribution in [3.63, 3.8) is 0 Å². The van der Waals surface area contributed by atoms with Gasteiger partial charge in [0.2, 0.25) is 5.91 Å². The zero-order valence-corrected chi connectivity index (χ0v) is 11.3. The van der Waals surface area contributed by atoms with Crippen molar-refractivity contribution in [1.29, 1.82) is 0 Å². The van der Waals surface area contributed by atoms with Gasteiger partial charge in [-0.25, -0.2) is 0 Å². The van der Waals surface area contributed by atoms with E-state index in [-0.39, 0.29) is 11.8 Å². The molecule has 88 valence electrons. The van der Waals surface area contributed by atoms with Gasteiger partial charge in [0.15, 0.2) is 0 Å². The Kier molecular flexibility index (Phi) is 4.80. The molecule has 0 aliphatic heterocycles. The van der Waals surface area contributed by atoms with Crippen LogP contribution in [0.5, 0.6) is 5.75 Å². The summed E-state index contributed by atoms with van der Waals surface area (Å²) in [6, 6.07) is 5.82. The summed E-state index contributed by atoms with van der Waals surface area (Å²) in [5.74, 6) is 0.988. The van der Waals surface area contributed by atoms with E-state index < -0.39 is 0 Å². The molecule has 0 spiro atoms. The molecule has 16 heavy (non-hydrogen) atoms. The highest BCUT2D eigenvalue weighted by Gasteiger charge is 2.14. The Balaban J connectivity index is 2.92. The average Bonchev–Trinajstić information content (AvgIpc) is 2.28. The number of benzene rings is 1. The number of ether oxygens (including phenoxy) is 1. The molecule has 1 aromatic rings. The van der Waals surface area contributed by atoms with Gasteiger partial charge < -0.3 is 10.1 Å². The van der Waals surface area contributed by atoms with E-state index in [4.69, 9.17) is 4.74 Å². The molecule has 0 aliphatic carbocycles. The fourth-order valence-electron chi connectivity index (χ4n) is 1.58. The number of nitrogens with one attached hydrogen (secondary N) is 1. The SMILES string of the molecule is CNC(=O)CC(C)c1cc(Br)ccc1OC. The van der Waals surface area contributed by atoms with Crippen LogP contribution in [0.3, 0.4) is 0 Å². The van der Waals surface area contributed by atoms with Gasteiger partial charge in [-0.1, -0.05) is 22.9 Å². The van der Waals surface area contributed by atoms with Crippen LogP contribution in [-0.4, -0.2) is 20.1 Å². The molecule has 1 aromatic carbocycles. The molecule has 3 nitrogen and oxygen atoms in total. The van der Waals surface area contributed by atoms with Crippen LogP contribution in [0.4, 0.5) is 0 Å². The van der Waals surface area contributed by atoms with Gasteiger partial charge in [0, 0.05) is 17.9 Å². The van der Waals surface area contributed by atoms with Crippen molar-refractivity contribution in [2.75, 3.05) is 14.2 Å². The third-order valence-electron chi connectivity index (χ3n) is 2.49. The van der Waals surface area contributed by atoms with Crippen LogP contribution in [0, 0.1) is 0 Å². The van der Waals surface area contributed by atoms with E-state index in [0.29, 0.717) is 6.42 Å². The largest absolute Gasteiger partial charge is 0.496 e. The molecule has 1 amide bonds. The number of rotatable bonds is 4. The van der Waals surface area contributed by atoms with Crippen molar-refractivity contribution < 1.29 is 9.53 Å². The van der Waals surface area contributed by atoms with Gasteiger partial charge in [0.25, 0.3) is 0 Å². The standard InChI is InChI=1S/C12H16BrNO2/c1-8(6-12(15)14-2)10-7-9(13)4-5-11(10)16-3/h4-5,7-8H,6H2,1-3H3,(H,14,15). The number of amides is 1. The second-order valence-electron chi connectivity index (χ2n) is 3.66. The molecule has 0 fully saturated rings. The Hall–Kier alpha value is -1.03. The van der Waals surface area contributed by atoms with Gasteiger partial charge in [0.05, 0.1) is 7.11 Å². The van der Waals surface area contributed by atoms with Gasteiger partial charge in [0.1, 0.15) is 5.75 Å². The van der Waals surface area contributed by atoms with E-state index >= 15 is 0 Å². The molecule has 1 N–H and O–H groups in total. The Morgan fingerprint density at radius 2 is 2.25 bits per heavy atom. The average molecular weight is 286 g/mol. The number of halogens is 1. The highest BCUT2D eigenvalue weighted by atomic mass is 79.9. The van der Waals surface area contributed by atoms with Crippen LogP contribution < -0.4 is 10.1 Å². The first-order chi connectivity index (χ1) is 7.58. The topological polar surface area (TPSA) is 38.3 Å². The monoisotopic (exact) mass is 285 g/mol. The molecule has 0 aliphatic rings. The summed E-state index contributed by atoms with van der Waals surface area (Å²) in [4.78, 5) is 11.3. The third kappa shape index (κ3) is 3.23. The minimum Gasteiger partial charge on any atom is -0.496 e. The summed E-state index contributed by atoms with van der Waals surface area (Å²) in [5, 5.41) is 2.63. The molecule has 0 radical (unpaired) electrons. The fraction of sp³-hybridized carbons (Fsp3) is 0.417. The first-order valence-electron chi connectivity index (χ1n) is 5.12. The first-order valence-corrected chi connectivity index (χ1v) is 5.91. The first kappa shape index (κ1) is 13.0. The van der Waals surface area contributed by atoms with Gasteiger partial charge in [-0.2, -0.15) is 0 Å². The quantitative estimate of drug-likeness (QED) is 0.924. The van der Waals surface area contributed by atoms with Crippen molar-refractivity contribution >= 4 is 21.8 Å². The lowest BCUT2D eigenvalue weighted by atomic mass is 9.96. The summed E-state index contributed by atoms with van der Waals surface area (Å²) in [5.41, 5.74) is 1.04. The van der Waals surface area contributed by atoms with Crippen molar-refractivity contribution in [2.24, 2.45) is 0 Å². The summed E-state index contributed by atoms with van der Waals surface area (Å²) < 4.78 is 6.28. The number of methoxy groups -OCH3 is 1. The van der Waals surface area contributed by atoms with Gasteiger partial charge >= 0.3 is 0 Å². The molecule has 1 atom stereocenters. The Bertz CT molecular complexity index is 379. The summed E-state index contributed by atoms with van der Waals surface area (Å²) in [6.07, 6.45) is 0.462. The fourth-order valence-corrected chi connectivity index (χ4v) is 1.96. The lowest BCUT2D eigenvalue weighted by molar-refractivity contribution is -0.120. The summed E-state index contributed by atoms with van der Waals surface area (Å²) in [7, 11) is 3.28. The highest BCUT2D eigenvalue weighted by Crippen LogP contribution is 2.31. The molecule has 0 bridgehead atoms. The second kappa shape index (κ2) is 5.89. The molecule has 0 saturated heterocycles. The lowest BCUT2D eigenvalue weighted by Gasteiger charge is -2.15. The van der Waals surface area contributed by atoms with Crippen LogP contribution >= 0.6 is 15.9 Å². The number of carbonyl (C=O) groups excluding carboxylic acids is 1. The van der Waals surface area contributed by atoms with E-state index in [1.54, 1.807) is 14.2 Å². The van der Waals surface area contributed by atoms with Crippen molar-refractivity contribution in [2.45, 2.75) is 19.3 Å². The number of hydrogen-bond acceptors (Lipinski definition) is 2. The molecule has 0 aromatic heterocycles. The third-order valence-corrected chi connectivity index (χ3v) is 2.99. The Labute approximate surface area is 104 Å². The minimum atomic E-state index is 0.0366. The Morgan fingerprint density at radius 1 is 1.56 bits per heavy atom. The number of hydrogen-bond donors (Lipinski definition) is 1. The van der Waals surface area contributed by atoms with Crippen LogP contribution in [0.2, 0.25) is 0 Å². The van der Waals surface area contributed by atoms with Gasteiger partial charge in [-0.05, 0) is 29.7 Å². The van der Waals surface area contributed by atoms with Crippen LogP contribution in [0.25, 0.3) is 0 Å². The predicted octanol–water partition coefficient (Wildman–Crippen LogP) is 2.70. The van der Waals surface area contributed by atoms with E-state index in [9.17, 15) is 4.79 Å². The van der Waals surface area contributed by atoms with Gasteiger partial charge in [-0.3, -0.25) is 4.79 Å². The van der Waals surface area contributed by atoms with Crippen molar-refractivity contribution in [3.8, 4) is 5.75 Å². The maximum absolute atomic E-state index is 11.3. The van der Waals surface area contributed by atoms with Gasteiger partial charge in [-0.15, -0.1) is 0 Å². The van der Waals surface area contributed by atoms with E-state index in [1.807, 2.05) is 25.1 Å². The van der Waals surface area contributed by atoms with E-state index in [2.05, 4.69) is 21.2 Å². The second-order valence-corrected chi connectivity index (χ2v) is 4.58. The van der Waals surface area contributed by atoms with Crippen LogP contribution in [0.15, 0.2) is 22.7 Å². The van der Waals surface area contributed by atoms with Crippen molar-refractivity contribution in [3.05, 3.63) is 28.2 Å². The summed E-state index contributed by atoms with van der Waals surface area (Å²) in [6.45, 7) is 2.01. The highest BCUT2D eigenvalue weighted by molar-refractivity contribution is 9.10. The smallest absolute Gasteiger partial charge is 0.220 e. The van der Waals surface area contributed by atoms with Crippen molar-refractivity contribution in [1.82, 2.24) is 5.32 Å². The molecule has 1 unspecified atom stereocenters. The zero-order valence-electron chi connectivity index (χ0n) is 9.71. The maximum atomic E-state index is 11.3. The van der Waals surface area contributed by atoms with Crippen LogP contribution in [0.1, 0.15) is 24.8 Å². The Morgan fingerprint density at radius 3 is 2.81 bits per heavy atom. The minimum absolute atomic E-state index is 0.0366. The zero-order chi connectivity index (χ0) is 12.1. The predicted molar refractivity (Wildman–Crippen MR) is 67.8 cm³/mol. The normalized spacial score (nSPS) is 12.0. The van der Waals surface area contributed by atoms with E-state index in [1.165, 1.54) is 0 Å². The molecule has 0 saturated carbocycles. The molecular formula is C12H16BrNO2. The molecular weight excluding hydrogens is 270 g/mol. The maximum Gasteiger partial charge on any atom is 0.220 e. The summed E-state index contributed by atoms with van der Waals surface area (Å²) >= 11 is 3.42.